The minimum atomic E-state index is -0.697. The van der Waals surface area contributed by atoms with Crippen molar-refractivity contribution < 1.29 is 15.0 Å². The van der Waals surface area contributed by atoms with E-state index < -0.39 is 5.97 Å². The van der Waals surface area contributed by atoms with Gasteiger partial charge >= 0.3 is 5.97 Å². The van der Waals surface area contributed by atoms with Crippen LogP contribution in [-0.2, 0) is 4.79 Å². The van der Waals surface area contributed by atoms with Gasteiger partial charge in [-0.05, 0) is 32.1 Å². The molecule has 0 amide bonds. The van der Waals surface area contributed by atoms with Crippen molar-refractivity contribution in [3.8, 4) is 0 Å². The van der Waals surface area contributed by atoms with Crippen LogP contribution in [0.3, 0.4) is 0 Å². The number of rotatable bonds is 16. The van der Waals surface area contributed by atoms with Gasteiger partial charge in [0.2, 0.25) is 0 Å². The Morgan fingerprint density at radius 3 is 2.28 bits per heavy atom. The van der Waals surface area contributed by atoms with Gasteiger partial charge in [-0.1, -0.05) is 87.6 Å². The molecular weight excluding hydrogens is 312 g/mol. The molecule has 0 spiro atoms. The van der Waals surface area contributed by atoms with Crippen LogP contribution < -0.4 is 0 Å². The summed E-state index contributed by atoms with van der Waals surface area (Å²) in [7, 11) is 0. The number of carboxylic acids is 1. The van der Waals surface area contributed by atoms with E-state index in [9.17, 15) is 9.90 Å². The number of aliphatic hydroxyl groups excluding tert-OH is 1. The minimum Gasteiger partial charge on any atom is -0.481 e. The molecule has 142 valence electrons. The topological polar surface area (TPSA) is 57.5 Å². The highest BCUT2D eigenvalue weighted by molar-refractivity contribution is 5.66. The van der Waals surface area contributed by atoms with Crippen LogP contribution in [-0.4, -0.2) is 22.3 Å². The van der Waals surface area contributed by atoms with Gasteiger partial charge in [0.15, 0.2) is 0 Å². The van der Waals surface area contributed by atoms with Crippen molar-refractivity contribution in [1.29, 1.82) is 0 Å². The second-order valence-corrected chi connectivity index (χ2v) is 6.31. The lowest BCUT2D eigenvalue weighted by Crippen LogP contribution is -2.00. The third kappa shape index (κ3) is 20.3. The van der Waals surface area contributed by atoms with Gasteiger partial charge in [0.1, 0.15) is 0 Å². The summed E-state index contributed by atoms with van der Waals surface area (Å²) in [5.41, 5.74) is 0. The standard InChI is InChI=1S/C22H36O3/c1-2-3-15-18-21(23)19-16-13-11-9-7-5-4-6-8-10-12-14-17-20-22(24)25/h4-7,11,13,16,19,21,23H,2-3,8-10,12,14-15,17-18,20H2,1H3,(H,24,25)/b6-4+,7-5-,13-11-,19-16+. The fourth-order valence-corrected chi connectivity index (χ4v) is 2.35. The average Bonchev–Trinajstić information content (AvgIpc) is 2.58. The van der Waals surface area contributed by atoms with E-state index >= 15 is 0 Å². The number of allylic oxidation sites excluding steroid dienone is 7. The largest absolute Gasteiger partial charge is 0.481 e. The van der Waals surface area contributed by atoms with Gasteiger partial charge in [-0.25, -0.2) is 0 Å². The molecule has 0 aliphatic rings. The van der Waals surface area contributed by atoms with Gasteiger partial charge in [0.05, 0.1) is 6.10 Å². The Morgan fingerprint density at radius 1 is 0.880 bits per heavy atom. The first-order chi connectivity index (χ1) is 12.2. The van der Waals surface area contributed by atoms with Crippen LogP contribution in [0.25, 0.3) is 0 Å². The maximum Gasteiger partial charge on any atom is 0.303 e. The zero-order valence-corrected chi connectivity index (χ0v) is 15.8. The highest BCUT2D eigenvalue weighted by Crippen LogP contribution is 2.06. The molecule has 0 radical (unpaired) electrons. The van der Waals surface area contributed by atoms with Crippen LogP contribution in [0, 0.1) is 0 Å². The summed E-state index contributed by atoms with van der Waals surface area (Å²) >= 11 is 0. The quantitative estimate of drug-likeness (QED) is 0.267. The van der Waals surface area contributed by atoms with E-state index in [0.717, 1.165) is 51.4 Å². The van der Waals surface area contributed by atoms with E-state index in [-0.39, 0.29) is 6.10 Å². The number of hydrogen-bond donors (Lipinski definition) is 2. The summed E-state index contributed by atoms with van der Waals surface area (Å²) in [6.45, 7) is 2.17. The van der Waals surface area contributed by atoms with Crippen LogP contribution >= 0.6 is 0 Å². The molecule has 0 saturated carbocycles. The van der Waals surface area contributed by atoms with Crippen molar-refractivity contribution in [1.82, 2.24) is 0 Å². The first kappa shape index (κ1) is 23.4. The van der Waals surface area contributed by atoms with E-state index in [1.807, 2.05) is 18.2 Å². The lowest BCUT2D eigenvalue weighted by atomic mass is 10.1. The predicted molar refractivity (Wildman–Crippen MR) is 107 cm³/mol. The van der Waals surface area contributed by atoms with Crippen LogP contribution in [0.1, 0.15) is 77.6 Å². The third-order valence-corrected chi connectivity index (χ3v) is 3.85. The Hall–Kier alpha value is -1.61. The summed E-state index contributed by atoms with van der Waals surface area (Å²) in [4.78, 5) is 10.4. The maximum atomic E-state index is 10.4. The predicted octanol–water partition coefficient (Wildman–Crippen LogP) is 5.97. The SMILES string of the molecule is CCCCCC(O)/C=C/C=C\C/C=C\C=C\CCCCCCC(=O)O. The molecule has 0 heterocycles. The smallest absolute Gasteiger partial charge is 0.303 e. The molecule has 2 N–H and O–H groups in total. The number of unbranched alkanes of at least 4 members (excludes halogenated alkanes) is 6. The fourth-order valence-electron chi connectivity index (χ4n) is 2.35. The molecule has 0 fully saturated rings. The van der Waals surface area contributed by atoms with E-state index in [1.54, 1.807) is 0 Å². The summed E-state index contributed by atoms with van der Waals surface area (Å²) in [6, 6.07) is 0. The van der Waals surface area contributed by atoms with Crippen molar-refractivity contribution in [2.45, 2.75) is 83.7 Å². The van der Waals surface area contributed by atoms with Crippen molar-refractivity contribution in [3.63, 3.8) is 0 Å². The molecule has 3 nitrogen and oxygen atoms in total. The molecular formula is C22H36O3. The second kappa shape index (κ2) is 18.7. The van der Waals surface area contributed by atoms with Gasteiger partial charge in [-0.15, -0.1) is 0 Å². The Labute approximate surface area is 153 Å². The highest BCUT2D eigenvalue weighted by Gasteiger charge is 1.96. The van der Waals surface area contributed by atoms with Gasteiger partial charge in [-0.2, -0.15) is 0 Å². The van der Waals surface area contributed by atoms with Crippen molar-refractivity contribution in [3.05, 3.63) is 48.6 Å². The molecule has 0 rings (SSSR count). The summed E-state index contributed by atoms with van der Waals surface area (Å²) in [5.74, 6) is -0.697. The molecule has 0 bridgehead atoms. The summed E-state index contributed by atoms with van der Waals surface area (Å²) in [6.07, 6.45) is 26.4. The van der Waals surface area contributed by atoms with Crippen LogP contribution in [0.2, 0.25) is 0 Å². The molecule has 0 aromatic heterocycles. The number of aliphatic hydroxyl groups is 1. The molecule has 1 unspecified atom stereocenters. The monoisotopic (exact) mass is 348 g/mol. The first-order valence-corrected chi connectivity index (χ1v) is 9.71. The lowest BCUT2D eigenvalue weighted by molar-refractivity contribution is -0.137. The normalized spacial score (nSPS) is 13.7. The number of aliphatic carboxylic acids is 1. The zero-order chi connectivity index (χ0) is 18.6. The third-order valence-electron chi connectivity index (χ3n) is 3.85. The van der Waals surface area contributed by atoms with E-state index in [0.29, 0.717) is 6.42 Å². The summed E-state index contributed by atoms with van der Waals surface area (Å²) in [5, 5.41) is 18.3. The van der Waals surface area contributed by atoms with Crippen molar-refractivity contribution in [2.24, 2.45) is 0 Å². The number of carbonyl (C=O) groups is 1. The summed E-state index contributed by atoms with van der Waals surface area (Å²) < 4.78 is 0. The van der Waals surface area contributed by atoms with Crippen LogP contribution in [0.4, 0.5) is 0 Å². The maximum absolute atomic E-state index is 10.4. The van der Waals surface area contributed by atoms with Crippen molar-refractivity contribution in [2.75, 3.05) is 0 Å². The Balaban J connectivity index is 3.53. The van der Waals surface area contributed by atoms with Gasteiger partial charge in [0, 0.05) is 6.42 Å². The number of carboxylic acid groups (broad SMARTS) is 1. The van der Waals surface area contributed by atoms with Crippen LogP contribution in [0.5, 0.6) is 0 Å². The minimum absolute atomic E-state index is 0.291. The average molecular weight is 349 g/mol. The molecule has 0 aliphatic carbocycles. The zero-order valence-electron chi connectivity index (χ0n) is 15.8. The Bertz CT molecular complexity index is 419. The van der Waals surface area contributed by atoms with E-state index in [2.05, 4.69) is 37.3 Å². The lowest BCUT2D eigenvalue weighted by Gasteiger charge is -2.02. The molecule has 0 aromatic carbocycles. The molecule has 0 saturated heterocycles. The fraction of sp³-hybridized carbons (Fsp3) is 0.591. The molecule has 1 atom stereocenters. The van der Waals surface area contributed by atoms with Gasteiger partial charge in [0.25, 0.3) is 0 Å². The molecule has 0 aromatic rings. The van der Waals surface area contributed by atoms with E-state index in [4.69, 9.17) is 5.11 Å². The molecule has 3 heteroatoms. The second-order valence-electron chi connectivity index (χ2n) is 6.31. The van der Waals surface area contributed by atoms with Gasteiger partial charge in [-0.3, -0.25) is 4.79 Å². The first-order valence-electron chi connectivity index (χ1n) is 9.71. The molecule has 0 aliphatic heterocycles. The van der Waals surface area contributed by atoms with E-state index in [1.165, 1.54) is 12.8 Å². The van der Waals surface area contributed by atoms with Gasteiger partial charge < -0.3 is 10.2 Å². The Morgan fingerprint density at radius 2 is 1.56 bits per heavy atom. The molecule has 25 heavy (non-hydrogen) atoms. The highest BCUT2D eigenvalue weighted by atomic mass is 16.4. The Kier molecular flexibility index (Phi) is 17.5. The van der Waals surface area contributed by atoms with Crippen LogP contribution in [0.15, 0.2) is 48.6 Å². The number of hydrogen-bond acceptors (Lipinski definition) is 2. The van der Waals surface area contributed by atoms with Crippen molar-refractivity contribution >= 4 is 5.97 Å².